The molecule has 1 heterocycles. The molecule has 33 heavy (non-hydrogen) atoms. The molecule has 1 fully saturated rings. The molecule has 0 bridgehead atoms. The van der Waals surface area contributed by atoms with Gasteiger partial charge in [0.25, 0.3) is 0 Å². The van der Waals surface area contributed by atoms with Crippen molar-refractivity contribution in [3.05, 3.63) is 0 Å². The van der Waals surface area contributed by atoms with Crippen LogP contribution >= 0.6 is 0 Å². The van der Waals surface area contributed by atoms with Crippen LogP contribution in [0.1, 0.15) is 82.6 Å². The highest BCUT2D eigenvalue weighted by atomic mass is 16.5. The minimum Gasteiger partial charge on any atom is -0.394 e. The maximum Gasteiger partial charge on any atom is 0.109 e. The van der Waals surface area contributed by atoms with E-state index in [1.54, 1.807) is 7.11 Å². The van der Waals surface area contributed by atoms with E-state index in [4.69, 9.17) is 24.1 Å². The molecule has 1 saturated heterocycles. The van der Waals surface area contributed by atoms with Gasteiger partial charge in [0.2, 0.25) is 0 Å². The second-order valence-corrected chi connectivity index (χ2v) is 10.3. The van der Waals surface area contributed by atoms with Crippen LogP contribution in [0.25, 0.3) is 0 Å². The Hall–Kier alpha value is -0.280. The monoisotopic (exact) mass is 480 g/mol. The molecule has 1 aliphatic rings. The Morgan fingerprint density at radius 2 is 1.61 bits per heavy atom. The molecular formula is C26H56O7. The van der Waals surface area contributed by atoms with E-state index in [9.17, 15) is 10.2 Å². The molecule has 0 amide bonds. The van der Waals surface area contributed by atoms with Gasteiger partial charge >= 0.3 is 0 Å². The van der Waals surface area contributed by atoms with Crippen molar-refractivity contribution in [1.82, 2.24) is 0 Å². The summed E-state index contributed by atoms with van der Waals surface area (Å²) in [6, 6.07) is 0. The largest absolute Gasteiger partial charge is 0.394 e. The molecule has 7 nitrogen and oxygen atoms in total. The molecule has 0 radical (unpaired) electrons. The normalized spacial score (nSPS) is 25.9. The van der Waals surface area contributed by atoms with E-state index in [1.165, 1.54) is 7.11 Å². The van der Waals surface area contributed by atoms with E-state index in [1.807, 2.05) is 76.2 Å². The first kappa shape index (κ1) is 34.9. The number of aliphatic hydroxyl groups is 3. The Bertz CT molecular complexity index is 477. The minimum absolute atomic E-state index is 0.0973. The fraction of sp³-hybridized carbons (Fsp3) is 1.00. The lowest BCUT2D eigenvalue weighted by Crippen LogP contribution is -2.48. The van der Waals surface area contributed by atoms with E-state index in [-0.39, 0.29) is 53.9 Å². The first-order chi connectivity index (χ1) is 15.2. The molecule has 202 valence electrons. The van der Waals surface area contributed by atoms with Crippen molar-refractivity contribution in [2.45, 2.75) is 124 Å². The number of aliphatic hydroxyl groups excluding tert-OH is 3. The van der Waals surface area contributed by atoms with Crippen LogP contribution in [0.15, 0.2) is 0 Å². The topological polar surface area (TPSA) is 97.6 Å². The number of hydrogen-bond donors (Lipinski definition) is 3. The van der Waals surface area contributed by atoms with Crippen molar-refractivity contribution in [3.8, 4) is 0 Å². The Balaban J connectivity index is 0. The first-order valence-electron chi connectivity index (χ1n) is 12.5. The van der Waals surface area contributed by atoms with Crippen molar-refractivity contribution < 1.29 is 34.3 Å². The molecule has 7 unspecified atom stereocenters. The molecule has 1 rings (SSSR count). The van der Waals surface area contributed by atoms with Crippen LogP contribution in [0, 0.1) is 17.8 Å². The summed E-state index contributed by atoms with van der Waals surface area (Å²) in [7, 11) is 3.15. The van der Waals surface area contributed by atoms with Gasteiger partial charge in [-0.2, -0.15) is 0 Å². The van der Waals surface area contributed by atoms with Crippen LogP contribution in [0.2, 0.25) is 0 Å². The Morgan fingerprint density at radius 3 is 1.91 bits per heavy atom. The van der Waals surface area contributed by atoms with E-state index in [2.05, 4.69) is 0 Å². The SMILES string of the molecule is CC.CCC(C)(C)OC(C(C)C)C(O)C(CO)OC.COCC(C)C1OC(C)(C)C(C)C1O. The standard InChI is InChI=1S/C13H28O4.C11H22O3.C2H6/c1-7-13(4,5)17-12(9(2)3)11(15)10(8-14)16-6;1-7(6-13-5)10-9(12)8(2)11(3,4)14-10;1-2/h9-12,14-15H,7-8H2,1-6H3;7-10,12H,6H2,1-5H3;1-2H3. The van der Waals surface area contributed by atoms with Gasteiger partial charge in [0.15, 0.2) is 0 Å². The zero-order valence-corrected chi connectivity index (χ0v) is 23.7. The molecule has 7 heteroatoms. The molecule has 0 saturated carbocycles. The number of methoxy groups -OCH3 is 2. The molecule has 0 aromatic heterocycles. The van der Waals surface area contributed by atoms with Crippen LogP contribution in [-0.4, -0.2) is 84.5 Å². The molecular weight excluding hydrogens is 424 g/mol. The number of hydrogen-bond acceptors (Lipinski definition) is 7. The van der Waals surface area contributed by atoms with Crippen LogP contribution in [0.5, 0.6) is 0 Å². The maximum absolute atomic E-state index is 10.2. The van der Waals surface area contributed by atoms with Crippen molar-refractivity contribution in [2.24, 2.45) is 17.8 Å². The highest BCUT2D eigenvalue weighted by Crippen LogP contribution is 2.38. The summed E-state index contributed by atoms with van der Waals surface area (Å²) in [6.45, 7) is 22.6. The predicted octanol–water partition coefficient (Wildman–Crippen LogP) is 4.05. The summed E-state index contributed by atoms with van der Waals surface area (Å²) in [5, 5.41) is 29.3. The molecule has 0 aromatic rings. The van der Waals surface area contributed by atoms with Gasteiger partial charge in [-0.3, -0.25) is 0 Å². The van der Waals surface area contributed by atoms with E-state index >= 15 is 0 Å². The average molecular weight is 481 g/mol. The molecule has 0 aliphatic carbocycles. The fourth-order valence-corrected chi connectivity index (χ4v) is 3.62. The van der Waals surface area contributed by atoms with Crippen LogP contribution < -0.4 is 0 Å². The van der Waals surface area contributed by atoms with Gasteiger partial charge in [-0.1, -0.05) is 48.5 Å². The first-order valence-corrected chi connectivity index (χ1v) is 12.5. The third-order valence-electron chi connectivity index (χ3n) is 6.54. The third kappa shape index (κ3) is 11.3. The van der Waals surface area contributed by atoms with Crippen LogP contribution in [0.4, 0.5) is 0 Å². The second kappa shape index (κ2) is 16.4. The van der Waals surface area contributed by atoms with Crippen LogP contribution in [-0.2, 0) is 18.9 Å². The van der Waals surface area contributed by atoms with Gasteiger partial charge in [0.05, 0.1) is 42.7 Å². The predicted molar refractivity (Wildman–Crippen MR) is 134 cm³/mol. The van der Waals surface area contributed by atoms with E-state index < -0.39 is 12.2 Å². The van der Waals surface area contributed by atoms with Crippen molar-refractivity contribution in [3.63, 3.8) is 0 Å². The zero-order chi connectivity index (χ0) is 26.6. The molecule has 0 aromatic carbocycles. The van der Waals surface area contributed by atoms with Gasteiger partial charge in [0.1, 0.15) is 12.2 Å². The van der Waals surface area contributed by atoms with Crippen molar-refractivity contribution in [2.75, 3.05) is 27.4 Å². The maximum atomic E-state index is 10.2. The lowest BCUT2D eigenvalue weighted by Gasteiger charge is -2.37. The summed E-state index contributed by atoms with van der Waals surface area (Å²) in [4.78, 5) is 0. The van der Waals surface area contributed by atoms with Crippen molar-refractivity contribution in [1.29, 1.82) is 0 Å². The summed E-state index contributed by atoms with van der Waals surface area (Å²) in [6.07, 6.45) is -1.39. The summed E-state index contributed by atoms with van der Waals surface area (Å²) in [5.41, 5.74) is -0.518. The summed E-state index contributed by atoms with van der Waals surface area (Å²) in [5.74, 6) is 0.561. The lowest BCUT2D eigenvalue weighted by molar-refractivity contribution is -0.172. The van der Waals surface area contributed by atoms with Gasteiger partial charge in [-0.05, 0) is 40.0 Å². The Labute approximate surface area is 204 Å². The Kier molecular flexibility index (Phi) is 17.3. The number of ether oxygens (including phenoxy) is 4. The summed E-state index contributed by atoms with van der Waals surface area (Å²) >= 11 is 0. The molecule has 0 spiro atoms. The fourth-order valence-electron chi connectivity index (χ4n) is 3.62. The third-order valence-corrected chi connectivity index (χ3v) is 6.54. The smallest absolute Gasteiger partial charge is 0.109 e. The minimum atomic E-state index is -0.823. The van der Waals surface area contributed by atoms with Gasteiger partial charge in [-0.15, -0.1) is 0 Å². The quantitative estimate of drug-likeness (QED) is 0.410. The molecule has 1 aliphatic heterocycles. The zero-order valence-electron chi connectivity index (χ0n) is 23.7. The lowest BCUT2D eigenvalue weighted by atomic mass is 9.87. The highest BCUT2D eigenvalue weighted by Gasteiger charge is 2.47. The van der Waals surface area contributed by atoms with Gasteiger partial charge in [0, 0.05) is 26.1 Å². The van der Waals surface area contributed by atoms with Gasteiger partial charge < -0.3 is 34.3 Å². The van der Waals surface area contributed by atoms with Crippen molar-refractivity contribution >= 4 is 0 Å². The van der Waals surface area contributed by atoms with Gasteiger partial charge in [-0.25, -0.2) is 0 Å². The summed E-state index contributed by atoms with van der Waals surface area (Å²) < 4.78 is 21.9. The van der Waals surface area contributed by atoms with Crippen LogP contribution in [0.3, 0.4) is 0 Å². The molecule has 3 N–H and O–H groups in total. The second-order valence-electron chi connectivity index (χ2n) is 10.3. The Morgan fingerprint density at radius 1 is 1.09 bits per heavy atom. The average Bonchev–Trinajstić information content (AvgIpc) is 2.97. The van der Waals surface area contributed by atoms with E-state index in [0.29, 0.717) is 6.61 Å². The van der Waals surface area contributed by atoms with E-state index in [0.717, 1.165) is 6.42 Å². The number of rotatable bonds is 11. The highest BCUT2D eigenvalue weighted by molar-refractivity contribution is 4.95. The molecule has 7 atom stereocenters.